The number of nitrogens with zero attached hydrogens (tertiary/aromatic N) is 2. The average Bonchev–Trinajstić information content (AvgIpc) is 2.26. The van der Waals surface area contributed by atoms with E-state index in [1.165, 1.54) is 10.6 Å². The molecule has 1 heterocycles. The summed E-state index contributed by atoms with van der Waals surface area (Å²) < 4.78 is 24.4. The van der Waals surface area contributed by atoms with Crippen LogP contribution in [0.15, 0.2) is 0 Å². The molecule has 0 bridgehead atoms. The number of hydrogen-bond donors (Lipinski definition) is 2. The highest BCUT2D eigenvalue weighted by molar-refractivity contribution is 7.88. The minimum atomic E-state index is -3.13. The highest BCUT2D eigenvalue weighted by Crippen LogP contribution is 2.12. The zero-order valence-corrected chi connectivity index (χ0v) is 13.5. The summed E-state index contributed by atoms with van der Waals surface area (Å²) in [5.74, 6) is -0.392. The SMILES string of the molecule is CC(C)NC(C)(CN1CCN(S(C)(=O)=O)CC1)C(N)=O. The number of hydrogen-bond acceptors (Lipinski definition) is 5. The second-order valence-corrected chi connectivity index (χ2v) is 7.92. The van der Waals surface area contributed by atoms with Crippen molar-refractivity contribution in [2.24, 2.45) is 5.73 Å². The molecule has 0 aliphatic carbocycles. The molecule has 1 unspecified atom stereocenters. The standard InChI is InChI=1S/C12H26N4O3S/c1-10(2)14-12(3,11(13)17)9-15-5-7-16(8-6-15)20(4,18)19/h10,14H,5-9H2,1-4H3,(H2,13,17). The summed E-state index contributed by atoms with van der Waals surface area (Å²) in [6.07, 6.45) is 1.22. The van der Waals surface area contributed by atoms with Crippen molar-refractivity contribution >= 4 is 15.9 Å². The Morgan fingerprint density at radius 3 is 2.15 bits per heavy atom. The van der Waals surface area contributed by atoms with Crippen molar-refractivity contribution in [3.05, 3.63) is 0 Å². The van der Waals surface area contributed by atoms with Gasteiger partial charge in [-0.05, 0) is 20.8 Å². The molecule has 8 heteroatoms. The van der Waals surface area contributed by atoms with E-state index in [9.17, 15) is 13.2 Å². The minimum Gasteiger partial charge on any atom is -0.368 e. The lowest BCUT2D eigenvalue weighted by atomic mass is 9.99. The van der Waals surface area contributed by atoms with Crippen LogP contribution in [-0.4, -0.2) is 74.1 Å². The van der Waals surface area contributed by atoms with Gasteiger partial charge < -0.3 is 11.1 Å². The van der Waals surface area contributed by atoms with E-state index in [4.69, 9.17) is 5.73 Å². The normalized spacial score (nSPS) is 21.9. The highest BCUT2D eigenvalue weighted by Gasteiger charge is 2.35. The molecule has 0 aromatic rings. The molecule has 0 spiro atoms. The number of nitrogens with one attached hydrogen (secondary N) is 1. The maximum Gasteiger partial charge on any atom is 0.238 e. The van der Waals surface area contributed by atoms with E-state index < -0.39 is 21.5 Å². The molecule has 7 nitrogen and oxygen atoms in total. The monoisotopic (exact) mass is 306 g/mol. The zero-order chi connectivity index (χ0) is 15.6. The molecule has 118 valence electrons. The van der Waals surface area contributed by atoms with Gasteiger partial charge in [0.25, 0.3) is 0 Å². The number of piperazine rings is 1. The third-order valence-electron chi connectivity index (χ3n) is 3.49. The number of carbonyl (C=O) groups excluding carboxylic acids is 1. The van der Waals surface area contributed by atoms with Crippen LogP contribution in [0.5, 0.6) is 0 Å². The fourth-order valence-corrected chi connectivity index (χ4v) is 3.32. The van der Waals surface area contributed by atoms with Crippen molar-refractivity contribution in [1.82, 2.24) is 14.5 Å². The van der Waals surface area contributed by atoms with Gasteiger partial charge >= 0.3 is 0 Å². The van der Waals surface area contributed by atoms with E-state index in [0.717, 1.165) is 0 Å². The lowest BCUT2D eigenvalue weighted by Gasteiger charge is -2.39. The quantitative estimate of drug-likeness (QED) is 0.643. The molecule has 1 aliphatic heterocycles. The van der Waals surface area contributed by atoms with Gasteiger partial charge in [-0.2, -0.15) is 4.31 Å². The summed E-state index contributed by atoms with van der Waals surface area (Å²) in [7, 11) is -3.13. The lowest BCUT2D eigenvalue weighted by molar-refractivity contribution is -0.125. The van der Waals surface area contributed by atoms with Crippen molar-refractivity contribution in [3.8, 4) is 0 Å². The molecular weight excluding hydrogens is 280 g/mol. The summed E-state index contributed by atoms with van der Waals surface area (Å²) >= 11 is 0. The van der Waals surface area contributed by atoms with Crippen LogP contribution in [-0.2, 0) is 14.8 Å². The van der Waals surface area contributed by atoms with Gasteiger partial charge in [-0.25, -0.2) is 8.42 Å². The molecule has 20 heavy (non-hydrogen) atoms. The summed E-state index contributed by atoms with van der Waals surface area (Å²) in [6, 6.07) is 0.143. The molecule has 1 rings (SSSR count). The van der Waals surface area contributed by atoms with Crippen LogP contribution in [0.1, 0.15) is 20.8 Å². The number of primary amides is 1. The lowest BCUT2D eigenvalue weighted by Crippen LogP contribution is -2.63. The Morgan fingerprint density at radius 2 is 1.80 bits per heavy atom. The molecule has 1 saturated heterocycles. The van der Waals surface area contributed by atoms with Crippen molar-refractivity contribution in [2.45, 2.75) is 32.4 Å². The maximum atomic E-state index is 11.7. The summed E-state index contributed by atoms with van der Waals surface area (Å²) in [6.45, 7) is 8.32. The molecular formula is C12H26N4O3S. The molecule has 1 aliphatic rings. The number of sulfonamides is 1. The summed E-state index contributed by atoms with van der Waals surface area (Å²) in [5, 5.41) is 3.20. The Hall–Kier alpha value is -0.700. The Balaban J connectivity index is 2.63. The first-order chi connectivity index (χ1) is 9.04. The third kappa shape index (κ3) is 4.69. The molecule has 3 N–H and O–H groups in total. The molecule has 1 fully saturated rings. The van der Waals surface area contributed by atoms with Crippen LogP contribution in [0.25, 0.3) is 0 Å². The largest absolute Gasteiger partial charge is 0.368 e. The highest BCUT2D eigenvalue weighted by atomic mass is 32.2. The topological polar surface area (TPSA) is 95.7 Å². The van der Waals surface area contributed by atoms with Crippen molar-refractivity contribution in [3.63, 3.8) is 0 Å². The predicted octanol–water partition coefficient (Wildman–Crippen LogP) is -1.19. The van der Waals surface area contributed by atoms with E-state index in [1.807, 2.05) is 13.8 Å². The Labute approximate surface area is 121 Å². The van der Waals surface area contributed by atoms with E-state index in [1.54, 1.807) is 6.92 Å². The molecule has 0 aromatic heterocycles. The Kier molecular flexibility index (Phi) is 5.54. The number of nitrogens with two attached hydrogens (primary N) is 1. The van der Waals surface area contributed by atoms with E-state index in [-0.39, 0.29) is 6.04 Å². The summed E-state index contributed by atoms with van der Waals surface area (Å²) in [4.78, 5) is 13.8. The fourth-order valence-electron chi connectivity index (χ4n) is 2.50. The van der Waals surface area contributed by atoms with Gasteiger partial charge in [-0.3, -0.25) is 9.69 Å². The van der Waals surface area contributed by atoms with Gasteiger partial charge in [0.15, 0.2) is 0 Å². The van der Waals surface area contributed by atoms with E-state index in [2.05, 4.69) is 10.2 Å². The van der Waals surface area contributed by atoms with Gasteiger partial charge in [0.1, 0.15) is 5.54 Å². The number of amides is 1. The van der Waals surface area contributed by atoms with Crippen molar-refractivity contribution in [1.29, 1.82) is 0 Å². The van der Waals surface area contributed by atoms with Crippen LogP contribution in [0.4, 0.5) is 0 Å². The van der Waals surface area contributed by atoms with Gasteiger partial charge in [0.05, 0.1) is 6.26 Å². The smallest absolute Gasteiger partial charge is 0.238 e. The number of carbonyl (C=O) groups is 1. The molecule has 1 amide bonds. The maximum absolute atomic E-state index is 11.7. The van der Waals surface area contributed by atoms with Gasteiger partial charge in [-0.1, -0.05) is 0 Å². The Bertz CT molecular complexity index is 444. The first kappa shape index (κ1) is 17.4. The van der Waals surface area contributed by atoms with Crippen molar-refractivity contribution < 1.29 is 13.2 Å². The minimum absolute atomic E-state index is 0.143. The molecule has 1 atom stereocenters. The third-order valence-corrected chi connectivity index (χ3v) is 4.79. The summed E-state index contributed by atoms with van der Waals surface area (Å²) in [5.41, 5.74) is 4.69. The first-order valence-electron chi connectivity index (χ1n) is 6.80. The van der Waals surface area contributed by atoms with Crippen LogP contribution in [0.2, 0.25) is 0 Å². The molecule has 0 saturated carbocycles. The van der Waals surface area contributed by atoms with E-state index >= 15 is 0 Å². The Morgan fingerprint density at radius 1 is 1.30 bits per heavy atom. The van der Waals surface area contributed by atoms with Crippen LogP contribution in [0.3, 0.4) is 0 Å². The van der Waals surface area contributed by atoms with Crippen LogP contribution >= 0.6 is 0 Å². The fraction of sp³-hybridized carbons (Fsp3) is 0.917. The van der Waals surface area contributed by atoms with Gasteiger partial charge in [-0.15, -0.1) is 0 Å². The zero-order valence-electron chi connectivity index (χ0n) is 12.7. The van der Waals surface area contributed by atoms with Crippen LogP contribution in [0, 0.1) is 0 Å². The number of rotatable bonds is 6. The van der Waals surface area contributed by atoms with Gasteiger partial charge in [0, 0.05) is 38.8 Å². The molecule has 0 radical (unpaired) electrons. The second-order valence-electron chi connectivity index (χ2n) is 5.93. The van der Waals surface area contributed by atoms with Crippen molar-refractivity contribution in [2.75, 3.05) is 39.0 Å². The average molecular weight is 306 g/mol. The predicted molar refractivity (Wildman–Crippen MR) is 78.7 cm³/mol. The van der Waals surface area contributed by atoms with E-state index in [0.29, 0.717) is 32.7 Å². The second kappa shape index (κ2) is 6.38. The first-order valence-corrected chi connectivity index (χ1v) is 8.64. The van der Waals surface area contributed by atoms with Gasteiger partial charge in [0.2, 0.25) is 15.9 Å². The van der Waals surface area contributed by atoms with Crippen LogP contribution < -0.4 is 11.1 Å². The molecule has 0 aromatic carbocycles.